The molecule has 2 saturated heterocycles. The lowest BCUT2D eigenvalue weighted by molar-refractivity contribution is -0.202. The van der Waals surface area contributed by atoms with E-state index in [4.69, 9.17) is 9.57 Å². The fourth-order valence-corrected chi connectivity index (χ4v) is 4.67. The number of hydrogen-bond donors (Lipinski definition) is 1. The van der Waals surface area contributed by atoms with Gasteiger partial charge in [-0.25, -0.2) is 23.1 Å². The van der Waals surface area contributed by atoms with Crippen LogP contribution in [0.15, 0.2) is 29.2 Å². The summed E-state index contributed by atoms with van der Waals surface area (Å²) >= 11 is 0. The van der Waals surface area contributed by atoms with Crippen LogP contribution < -0.4 is 5.48 Å². The molecule has 1 amide bonds. The predicted molar refractivity (Wildman–Crippen MR) is 90.7 cm³/mol. The minimum Gasteiger partial charge on any atom is -0.350 e. The van der Waals surface area contributed by atoms with Crippen LogP contribution in [-0.4, -0.2) is 44.6 Å². The molecule has 2 heterocycles. The highest BCUT2D eigenvalue weighted by Gasteiger charge is 2.33. The Balaban J connectivity index is 1.59. The highest BCUT2D eigenvalue weighted by molar-refractivity contribution is 7.89. The Morgan fingerprint density at radius 2 is 1.96 bits per heavy atom. The third kappa shape index (κ3) is 4.59. The molecule has 26 heavy (non-hydrogen) atoms. The van der Waals surface area contributed by atoms with E-state index in [1.165, 1.54) is 16.4 Å². The van der Waals surface area contributed by atoms with Gasteiger partial charge in [-0.2, -0.15) is 4.31 Å². The first-order valence-corrected chi connectivity index (χ1v) is 10.2. The topological polar surface area (TPSA) is 84.9 Å². The van der Waals surface area contributed by atoms with Crippen molar-refractivity contribution in [1.29, 1.82) is 0 Å². The van der Waals surface area contributed by atoms with Crippen molar-refractivity contribution in [1.82, 2.24) is 9.79 Å². The maximum Gasteiger partial charge on any atom is 0.248 e. The molecule has 2 aliphatic rings. The van der Waals surface area contributed by atoms with Crippen LogP contribution >= 0.6 is 0 Å². The molecule has 144 valence electrons. The molecule has 0 saturated carbocycles. The zero-order valence-electron chi connectivity index (χ0n) is 14.4. The van der Waals surface area contributed by atoms with Crippen molar-refractivity contribution >= 4 is 15.9 Å². The fraction of sp³-hybridized carbons (Fsp3) is 0.588. The summed E-state index contributed by atoms with van der Waals surface area (Å²) in [6.45, 7) is 1.00. The number of ether oxygens (including phenoxy) is 1. The van der Waals surface area contributed by atoms with E-state index in [-0.39, 0.29) is 17.3 Å². The Hall–Kier alpha value is -1.55. The quantitative estimate of drug-likeness (QED) is 0.780. The normalized spacial score (nSPS) is 25.0. The summed E-state index contributed by atoms with van der Waals surface area (Å²) in [5, 5.41) is 0. The molecule has 2 fully saturated rings. The van der Waals surface area contributed by atoms with Crippen LogP contribution in [0.25, 0.3) is 0 Å². The molecule has 9 heteroatoms. The van der Waals surface area contributed by atoms with Crippen molar-refractivity contribution in [2.24, 2.45) is 5.92 Å². The number of piperidine rings is 1. The average molecular weight is 386 g/mol. The van der Waals surface area contributed by atoms with Gasteiger partial charge >= 0.3 is 0 Å². The number of nitrogens with one attached hydrogen (secondary N) is 1. The number of nitrogens with zero attached hydrogens (tertiary/aromatic N) is 1. The van der Waals surface area contributed by atoms with Gasteiger partial charge in [-0.1, -0.05) is 0 Å². The Kier molecular flexibility index (Phi) is 6.23. The van der Waals surface area contributed by atoms with Crippen LogP contribution in [0.4, 0.5) is 4.39 Å². The molecule has 0 bridgehead atoms. The van der Waals surface area contributed by atoms with Gasteiger partial charge < -0.3 is 4.74 Å². The molecule has 0 spiro atoms. The molecule has 0 radical (unpaired) electrons. The van der Waals surface area contributed by atoms with Gasteiger partial charge in [-0.3, -0.25) is 4.79 Å². The second kappa shape index (κ2) is 8.43. The largest absolute Gasteiger partial charge is 0.350 e. The van der Waals surface area contributed by atoms with E-state index in [2.05, 4.69) is 5.48 Å². The summed E-state index contributed by atoms with van der Waals surface area (Å²) in [4.78, 5) is 17.6. The molecule has 0 aliphatic carbocycles. The van der Waals surface area contributed by atoms with Gasteiger partial charge in [0, 0.05) is 26.1 Å². The van der Waals surface area contributed by atoms with E-state index in [1.54, 1.807) is 0 Å². The summed E-state index contributed by atoms with van der Waals surface area (Å²) in [7, 11) is -3.76. The van der Waals surface area contributed by atoms with Gasteiger partial charge in [0.05, 0.1) is 10.8 Å². The first-order chi connectivity index (χ1) is 12.5. The monoisotopic (exact) mass is 386 g/mol. The molecule has 2 atom stereocenters. The lowest BCUT2D eigenvalue weighted by Gasteiger charge is -2.31. The Morgan fingerprint density at radius 1 is 1.19 bits per heavy atom. The number of hydrogen-bond acceptors (Lipinski definition) is 5. The summed E-state index contributed by atoms with van der Waals surface area (Å²) in [5.41, 5.74) is 2.41. The zero-order chi connectivity index (χ0) is 18.6. The molecule has 1 aromatic carbocycles. The minimum atomic E-state index is -3.76. The van der Waals surface area contributed by atoms with Gasteiger partial charge in [-0.15, -0.1) is 0 Å². The summed E-state index contributed by atoms with van der Waals surface area (Å²) in [6, 6.07) is 4.69. The molecule has 0 aromatic heterocycles. The van der Waals surface area contributed by atoms with Crippen LogP contribution in [0.2, 0.25) is 0 Å². The molecule has 7 nitrogen and oxygen atoms in total. The number of rotatable bonds is 5. The van der Waals surface area contributed by atoms with Crippen molar-refractivity contribution in [3.63, 3.8) is 0 Å². The van der Waals surface area contributed by atoms with E-state index in [0.29, 0.717) is 26.0 Å². The van der Waals surface area contributed by atoms with Gasteiger partial charge in [0.2, 0.25) is 15.9 Å². The van der Waals surface area contributed by atoms with Gasteiger partial charge in [0.15, 0.2) is 6.29 Å². The Bertz CT molecular complexity index is 719. The van der Waals surface area contributed by atoms with E-state index >= 15 is 0 Å². The molecule has 1 N–H and O–H groups in total. The number of hydroxylamine groups is 1. The lowest BCUT2D eigenvalue weighted by atomic mass is 9.99. The molecular weight excluding hydrogens is 363 g/mol. The van der Waals surface area contributed by atoms with E-state index in [0.717, 1.165) is 31.4 Å². The second-order valence-electron chi connectivity index (χ2n) is 6.54. The standard InChI is InChI=1S/C17H23FN2O5S/c18-14-6-8-15(9-7-14)26(22,23)20-10-3-4-13(12-20)17(21)19-25-16-5-1-2-11-24-16/h6-9,13,16H,1-5,10-12H2,(H,19,21). The Labute approximate surface area is 152 Å². The summed E-state index contributed by atoms with van der Waals surface area (Å²) in [6.07, 6.45) is 3.38. The van der Waals surface area contributed by atoms with E-state index < -0.39 is 28.0 Å². The lowest BCUT2D eigenvalue weighted by Crippen LogP contribution is -2.46. The van der Waals surface area contributed by atoms with Gasteiger partial charge in [-0.05, 0) is 49.9 Å². The number of benzene rings is 1. The number of carbonyl (C=O) groups is 1. The Morgan fingerprint density at radius 3 is 2.65 bits per heavy atom. The summed E-state index contributed by atoms with van der Waals surface area (Å²) in [5.74, 6) is -1.34. The number of amides is 1. The summed E-state index contributed by atoms with van der Waals surface area (Å²) < 4.78 is 45.1. The molecule has 2 unspecified atom stereocenters. The van der Waals surface area contributed by atoms with Crippen LogP contribution in [0.3, 0.4) is 0 Å². The zero-order valence-corrected chi connectivity index (χ0v) is 15.2. The van der Waals surface area contributed by atoms with Crippen LogP contribution in [-0.2, 0) is 24.4 Å². The first-order valence-electron chi connectivity index (χ1n) is 8.79. The SMILES string of the molecule is O=C(NOC1CCCCO1)C1CCCN(S(=O)(=O)c2ccc(F)cc2)C1. The smallest absolute Gasteiger partial charge is 0.248 e. The third-order valence-electron chi connectivity index (χ3n) is 4.64. The number of sulfonamides is 1. The maximum absolute atomic E-state index is 13.0. The number of halogens is 1. The minimum absolute atomic E-state index is 0.0202. The molecular formula is C17H23FN2O5S. The van der Waals surface area contributed by atoms with Crippen LogP contribution in [0.1, 0.15) is 32.1 Å². The van der Waals surface area contributed by atoms with Gasteiger partial charge in [0.25, 0.3) is 0 Å². The van der Waals surface area contributed by atoms with E-state index in [1.807, 2.05) is 0 Å². The second-order valence-corrected chi connectivity index (χ2v) is 8.47. The van der Waals surface area contributed by atoms with Crippen LogP contribution in [0.5, 0.6) is 0 Å². The molecule has 2 aliphatic heterocycles. The van der Waals surface area contributed by atoms with Crippen molar-refractivity contribution in [3.8, 4) is 0 Å². The third-order valence-corrected chi connectivity index (χ3v) is 6.51. The van der Waals surface area contributed by atoms with Crippen molar-refractivity contribution < 1.29 is 27.2 Å². The number of carbonyl (C=O) groups excluding carboxylic acids is 1. The molecule has 3 rings (SSSR count). The van der Waals surface area contributed by atoms with Crippen molar-refractivity contribution in [2.45, 2.75) is 43.3 Å². The van der Waals surface area contributed by atoms with Gasteiger partial charge in [0.1, 0.15) is 5.82 Å². The van der Waals surface area contributed by atoms with Crippen LogP contribution in [0, 0.1) is 11.7 Å². The van der Waals surface area contributed by atoms with E-state index in [9.17, 15) is 17.6 Å². The molecule has 1 aromatic rings. The highest BCUT2D eigenvalue weighted by Crippen LogP contribution is 2.24. The predicted octanol–water partition coefficient (Wildman–Crippen LogP) is 1.80. The maximum atomic E-state index is 13.0. The average Bonchev–Trinajstić information content (AvgIpc) is 2.67. The van der Waals surface area contributed by atoms with Crippen molar-refractivity contribution in [3.05, 3.63) is 30.1 Å². The highest BCUT2D eigenvalue weighted by atomic mass is 32.2. The first kappa shape index (κ1) is 19.2. The fourth-order valence-electron chi connectivity index (χ4n) is 3.14. The van der Waals surface area contributed by atoms with Crippen molar-refractivity contribution in [2.75, 3.05) is 19.7 Å².